The predicted molar refractivity (Wildman–Crippen MR) is 73.9 cm³/mol. The Kier molecular flexibility index (Phi) is 4.80. The minimum atomic E-state index is -0.371. The summed E-state index contributed by atoms with van der Waals surface area (Å²) in [5.74, 6) is -0.620. The second-order valence-corrected chi connectivity index (χ2v) is 5.23. The summed E-state index contributed by atoms with van der Waals surface area (Å²) in [6.07, 6.45) is 4.85. The zero-order chi connectivity index (χ0) is 14.5. The number of rotatable bonds is 3. The van der Waals surface area contributed by atoms with Crippen molar-refractivity contribution in [3.63, 3.8) is 0 Å². The van der Waals surface area contributed by atoms with Gasteiger partial charge >= 0.3 is 0 Å². The van der Waals surface area contributed by atoms with Crippen molar-refractivity contribution in [3.8, 4) is 0 Å². The molecule has 0 saturated carbocycles. The zero-order valence-electron chi connectivity index (χ0n) is 11.7. The number of hydrogen-bond acceptors (Lipinski definition) is 3. The molecule has 2 N–H and O–H groups in total. The molecule has 19 heavy (non-hydrogen) atoms. The molecule has 0 aliphatic heterocycles. The Balaban J connectivity index is 2.98. The van der Waals surface area contributed by atoms with Crippen LogP contribution in [0.4, 0.5) is 0 Å². The first kappa shape index (κ1) is 14.9. The molecule has 0 aliphatic rings. The van der Waals surface area contributed by atoms with Gasteiger partial charge in [-0.3, -0.25) is 14.6 Å². The van der Waals surface area contributed by atoms with E-state index in [2.05, 4.69) is 15.6 Å². The fraction of sp³-hybridized carbons (Fsp3) is 0.357. The van der Waals surface area contributed by atoms with Crippen LogP contribution >= 0.6 is 0 Å². The van der Waals surface area contributed by atoms with E-state index in [1.54, 1.807) is 30.6 Å². The van der Waals surface area contributed by atoms with E-state index in [1.807, 2.05) is 20.8 Å². The Morgan fingerprint density at radius 3 is 2.47 bits per heavy atom. The Labute approximate surface area is 113 Å². The molecule has 5 heteroatoms. The maximum absolute atomic E-state index is 12.1. The highest BCUT2D eigenvalue weighted by atomic mass is 16.2. The molecule has 102 valence electrons. The molecule has 1 aromatic heterocycles. The predicted octanol–water partition coefficient (Wildman–Crippen LogP) is 1.47. The lowest BCUT2D eigenvalue weighted by Gasteiger charge is -2.21. The van der Waals surface area contributed by atoms with E-state index in [0.717, 1.165) is 5.56 Å². The first-order valence-corrected chi connectivity index (χ1v) is 6.00. The third-order valence-corrected chi connectivity index (χ3v) is 2.04. The number of amides is 2. The maximum Gasteiger partial charge on any atom is 0.268 e. The van der Waals surface area contributed by atoms with Crippen molar-refractivity contribution in [2.24, 2.45) is 0 Å². The molecule has 0 aromatic carbocycles. The molecule has 0 fully saturated rings. The summed E-state index contributed by atoms with van der Waals surface area (Å²) in [5.41, 5.74) is 0.578. The Morgan fingerprint density at radius 1 is 1.32 bits per heavy atom. The van der Waals surface area contributed by atoms with E-state index >= 15 is 0 Å². The monoisotopic (exact) mass is 261 g/mol. The van der Waals surface area contributed by atoms with E-state index in [-0.39, 0.29) is 23.1 Å². The summed E-state index contributed by atoms with van der Waals surface area (Å²) in [7, 11) is 0. The molecular formula is C14H19N3O2. The molecule has 1 heterocycles. The quantitative estimate of drug-likeness (QED) is 0.809. The topological polar surface area (TPSA) is 71.1 Å². The van der Waals surface area contributed by atoms with Gasteiger partial charge in [-0.1, -0.05) is 6.07 Å². The van der Waals surface area contributed by atoms with Crippen LogP contribution in [0.15, 0.2) is 30.2 Å². The molecule has 2 amide bonds. The molecule has 0 radical (unpaired) electrons. The van der Waals surface area contributed by atoms with Crippen LogP contribution in [0, 0.1) is 0 Å². The molecule has 1 aromatic rings. The molecule has 0 spiro atoms. The van der Waals surface area contributed by atoms with E-state index in [1.165, 1.54) is 6.92 Å². The van der Waals surface area contributed by atoms with Gasteiger partial charge in [0.25, 0.3) is 5.91 Å². The number of aromatic nitrogens is 1. The van der Waals surface area contributed by atoms with Crippen molar-refractivity contribution in [3.05, 3.63) is 35.8 Å². The summed E-state index contributed by atoms with van der Waals surface area (Å²) in [6.45, 7) is 6.99. The van der Waals surface area contributed by atoms with E-state index < -0.39 is 0 Å². The average Bonchev–Trinajstić information content (AvgIpc) is 2.26. The molecule has 0 aliphatic carbocycles. The fourth-order valence-electron chi connectivity index (χ4n) is 1.38. The second kappa shape index (κ2) is 6.13. The molecule has 5 nitrogen and oxygen atoms in total. The lowest BCUT2D eigenvalue weighted by atomic mass is 10.1. The van der Waals surface area contributed by atoms with E-state index in [9.17, 15) is 9.59 Å². The second-order valence-electron chi connectivity index (χ2n) is 5.23. The summed E-state index contributed by atoms with van der Waals surface area (Å²) >= 11 is 0. The Bertz CT molecular complexity index is 487. The van der Waals surface area contributed by atoms with Gasteiger partial charge in [0.1, 0.15) is 5.70 Å². The normalized spacial score (nSPS) is 11.9. The van der Waals surface area contributed by atoms with Crippen LogP contribution in [0.25, 0.3) is 6.08 Å². The highest BCUT2D eigenvalue weighted by molar-refractivity contribution is 6.01. The van der Waals surface area contributed by atoms with Crippen LogP contribution in [0.5, 0.6) is 0 Å². The largest absolute Gasteiger partial charge is 0.346 e. The Morgan fingerprint density at radius 2 is 2.00 bits per heavy atom. The van der Waals surface area contributed by atoms with Gasteiger partial charge in [0.05, 0.1) is 0 Å². The maximum atomic E-state index is 12.1. The number of nitrogens with zero attached hydrogens (tertiary/aromatic N) is 1. The van der Waals surface area contributed by atoms with Gasteiger partial charge in [-0.05, 0) is 38.5 Å². The zero-order valence-corrected chi connectivity index (χ0v) is 11.7. The SMILES string of the molecule is CC(=O)N/C(=C/c1cccnc1)C(=O)NC(C)(C)C. The van der Waals surface area contributed by atoms with Gasteiger partial charge in [-0.2, -0.15) is 0 Å². The first-order valence-electron chi connectivity index (χ1n) is 6.00. The molecule has 0 saturated heterocycles. The van der Waals surface area contributed by atoms with Crippen molar-refractivity contribution in [1.82, 2.24) is 15.6 Å². The van der Waals surface area contributed by atoms with Crippen LogP contribution in [0.2, 0.25) is 0 Å². The van der Waals surface area contributed by atoms with Crippen molar-refractivity contribution in [2.75, 3.05) is 0 Å². The van der Waals surface area contributed by atoms with Gasteiger partial charge in [0, 0.05) is 24.9 Å². The van der Waals surface area contributed by atoms with Gasteiger partial charge in [-0.15, -0.1) is 0 Å². The summed E-state index contributed by atoms with van der Waals surface area (Å²) in [6, 6.07) is 3.57. The van der Waals surface area contributed by atoms with Crippen LogP contribution in [-0.2, 0) is 9.59 Å². The smallest absolute Gasteiger partial charge is 0.268 e. The number of carbonyl (C=O) groups excluding carboxylic acids is 2. The third kappa shape index (κ3) is 5.81. The van der Waals surface area contributed by atoms with Crippen LogP contribution in [-0.4, -0.2) is 22.3 Å². The van der Waals surface area contributed by atoms with Gasteiger partial charge in [-0.25, -0.2) is 0 Å². The van der Waals surface area contributed by atoms with Gasteiger partial charge in [0.15, 0.2) is 0 Å². The number of hydrogen-bond donors (Lipinski definition) is 2. The van der Waals surface area contributed by atoms with Crippen molar-refractivity contribution in [2.45, 2.75) is 33.2 Å². The average molecular weight is 261 g/mol. The first-order chi connectivity index (χ1) is 8.78. The summed E-state index contributed by atoms with van der Waals surface area (Å²) in [4.78, 5) is 27.2. The summed E-state index contributed by atoms with van der Waals surface area (Å²) in [5, 5.41) is 5.34. The number of carbonyl (C=O) groups is 2. The lowest BCUT2D eigenvalue weighted by molar-refractivity contribution is -0.123. The standard InChI is InChI=1S/C14H19N3O2/c1-10(18)16-12(13(19)17-14(2,3)4)8-11-6-5-7-15-9-11/h5-9H,1-4H3,(H,16,18)(H,17,19)/b12-8+. The van der Waals surface area contributed by atoms with E-state index in [4.69, 9.17) is 0 Å². The van der Waals surface area contributed by atoms with Gasteiger partial charge in [0.2, 0.25) is 5.91 Å². The van der Waals surface area contributed by atoms with Crippen molar-refractivity contribution in [1.29, 1.82) is 0 Å². The van der Waals surface area contributed by atoms with Crippen molar-refractivity contribution >= 4 is 17.9 Å². The van der Waals surface area contributed by atoms with E-state index in [0.29, 0.717) is 0 Å². The molecule has 0 atom stereocenters. The molecular weight excluding hydrogens is 242 g/mol. The summed E-state index contributed by atoms with van der Waals surface area (Å²) < 4.78 is 0. The third-order valence-electron chi connectivity index (χ3n) is 2.04. The molecule has 0 bridgehead atoms. The van der Waals surface area contributed by atoms with Gasteiger partial charge < -0.3 is 10.6 Å². The lowest BCUT2D eigenvalue weighted by Crippen LogP contribution is -2.44. The fourth-order valence-corrected chi connectivity index (χ4v) is 1.38. The van der Waals surface area contributed by atoms with Crippen LogP contribution < -0.4 is 10.6 Å². The molecule has 0 unspecified atom stereocenters. The molecule has 1 rings (SSSR count). The Hall–Kier alpha value is -2.17. The van der Waals surface area contributed by atoms with Crippen molar-refractivity contribution < 1.29 is 9.59 Å². The number of nitrogens with one attached hydrogen (secondary N) is 2. The highest BCUT2D eigenvalue weighted by Gasteiger charge is 2.18. The highest BCUT2D eigenvalue weighted by Crippen LogP contribution is 2.06. The van der Waals surface area contributed by atoms with Crippen LogP contribution in [0.3, 0.4) is 0 Å². The number of pyridine rings is 1. The minimum absolute atomic E-state index is 0.204. The minimum Gasteiger partial charge on any atom is -0.346 e. The van der Waals surface area contributed by atoms with Crippen LogP contribution in [0.1, 0.15) is 33.3 Å².